The van der Waals surface area contributed by atoms with E-state index in [0.717, 1.165) is 34.9 Å². The Morgan fingerprint density at radius 1 is 1.35 bits per heavy atom. The molecular formula is C19H19N5O2. The molecule has 2 aromatic heterocycles. The lowest BCUT2D eigenvalue weighted by atomic mass is 10.1. The molecular weight excluding hydrogens is 330 g/mol. The highest BCUT2D eigenvalue weighted by molar-refractivity contribution is 5.91. The van der Waals surface area contributed by atoms with Crippen molar-refractivity contribution in [3.05, 3.63) is 53.9 Å². The quantitative estimate of drug-likeness (QED) is 0.616. The Balaban J connectivity index is 1.44. The van der Waals surface area contributed by atoms with Gasteiger partial charge in [-0.25, -0.2) is 9.78 Å². The summed E-state index contributed by atoms with van der Waals surface area (Å²) in [5, 5.41) is 13.8. The van der Waals surface area contributed by atoms with Gasteiger partial charge in [0.25, 0.3) is 0 Å². The Hall–Kier alpha value is -3.22. The second-order valence-electron chi connectivity index (χ2n) is 6.60. The van der Waals surface area contributed by atoms with Gasteiger partial charge in [0.2, 0.25) is 0 Å². The standard InChI is InChI=1S/C19H19N5O2/c1-11(12-5-3-2-4-6-12)21-19(26)22-17-8-16-15(9-20-17)18(24-23-16)14-7-13(14)10-25/h2-6,8-11,13-14H,7H2,1H3,(H,23,24)(H2,20,21,22,26). The molecule has 0 radical (unpaired) electrons. The number of rotatable bonds is 5. The minimum Gasteiger partial charge on any atom is -0.331 e. The summed E-state index contributed by atoms with van der Waals surface area (Å²) in [5.41, 5.74) is 2.69. The van der Waals surface area contributed by atoms with Gasteiger partial charge in [0.15, 0.2) is 0 Å². The maximum absolute atomic E-state index is 12.2. The fourth-order valence-corrected chi connectivity index (χ4v) is 3.15. The average Bonchev–Trinajstić information content (AvgIpc) is 3.33. The maximum atomic E-state index is 12.2. The van der Waals surface area contributed by atoms with Gasteiger partial charge in [-0.15, -0.1) is 0 Å². The summed E-state index contributed by atoms with van der Waals surface area (Å²) in [6.45, 7) is 1.92. The summed E-state index contributed by atoms with van der Waals surface area (Å²) in [6.07, 6.45) is 3.52. The topological polar surface area (TPSA) is 99.8 Å². The lowest BCUT2D eigenvalue weighted by Gasteiger charge is -2.14. The molecule has 1 aliphatic carbocycles. The third-order valence-corrected chi connectivity index (χ3v) is 4.74. The number of anilines is 1. The molecule has 3 aromatic rings. The van der Waals surface area contributed by atoms with E-state index in [1.54, 1.807) is 12.3 Å². The number of hydrogen-bond donors (Lipinski definition) is 3. The van der Waals surface area contributed by atoms with Crippen molar-refractivity contribution in [2.75, 3.05) is 5.32 Å². The summed E-state index contributed by atoms with van der Waals surface area (Å²) < 4.78 is 0. The molecule has 7 nitrogen and oxygen atoms in total. The third kappa shape index (κ3) is 3.15. The number of aromatic amines is 1. The van der Waals surface area contributed by atoms with Gasteiger partial charge in [-0.05, 0) is 18.9 Å². The molecule has 3 N–H and O–H groups in total. The molecule has 0 aliphatic heterocycles. The van der Waals surface area contributed by atoms with E-state index in [9.17, 15) is 9.59 Å². The number of fused-ring (bicyclic) bond motifs is 1. The highest BCUT2D eigenvalue weighted by atomic mass is 16.2. The van der Waals surface area contributed by atoms with Gasteiger partial charge in [-0.2, -0.15) is 5.10 Å². The van der Waals surface area contributed by atoms with Gasteiger partial charge in [-0.3, -0.25) is 10.4 Å². The van der Waals surface area contributed by atoms with E-state index in [1.807, 2.05) is 37.3 Å². The van der Waals surface area contributed by atoms with Gasteiger partial charge in [0.05, 0.1) is 11.6 Å². The van der Waals surface area contributed by atoms with Crippen LogP contribution in [0.25, 0.3) is 10.9 Å². The van der Waals surface area contributed by atoms with Crippen LogP contribution in [-0.2, 0) is 4.79 Å². The molecule has 0 bridgehead atoms. The van der Waals surface area contributed by atoms with Gasteiger partial charge in [0, 0.05) is 35.2 Å². The van der Waals surface area contributed by atoms with Crippen LogP contribution in [0.3, 0.4) is 0 Å². The number of hydrogen-bond acceptors (Lipinski definition) is 4. The fourth-order valence-electron chi connectivity index (χ4n) is 3.15. The monoisotopic (exact) mass is 349 g/mol. The van der Waals surface area contributed by atoms with Crippen LogP contribution in [0.2, 0.25) is 0 Å². The Morgan fingerprint density at radius 3 is 2.88 bits per heavy atom. The van der Waals surface area contributed by atoms with Crippen molar-refractivity contribution in [3.63, 3.8) is 0 Å². The van der Waals surface area contributed by atoms with Crippen molar-refractivity contribution >= 4 is 29.0 Å². The van der Waals surface area contributed by atoms with E-state index in [0.29, 0.717) is 5.82 Å². The molecule has 3 atom stereocenters. The summed E-state index contributed by atoms with van der Waals surface area (Å²) in [4.78, 5) is 27.4. The molecule has 132 valence electrons. The zero-order chi connectivity index (χ0) is 18.1. The predicted octanol–water partition coefficient (Wildman–Crippen LogP) is 3.14. The number of nitrogens with zero attached hydrogens (tertiary/aromatic N) is 2. The molecule has 1 aromatic carbocycles. The summed E-state index contributed by atoms with van der Waals surface area (Å²) >= 11 is 0. The van der Waals surface area contributed by atoms with Crippen molar-refractivity contribution in [1.82, 2.24) is 20.5 Å². The van der Waals surface area contributed by atoms with E-state index in [1.165, 1.54) is 0 Å². The maximum Gasteiger partial charge on any atom is 0.320 e. The second-order valence-corrected chi connectivity index (χ2v) is 6.60. The molecule has 3 unspecified atom stereocenters. The molecule has 2 heterocycles. The average molecular weight is 349 g/mol. The van der Waals surface area contributed by atoms with Crippen LogP contribution >= 0.6 is 0 Å². The Morgan fingerprint density at radius 2 is 2.15 bits per heavy atom. The second kappa shape index (κ2) is 6.59. The van der Waals surface area contributed by atoms with E-state index in [-0.39, 0.29) is 23.9 Å². The number of nitrogens with one attached hydrogen (secondary N) is 3. The Labute approximate surface area is 150 Å². The summed E-state index contributed by atoms with van der Waals surface area (Å²) in [7, 11) is 0. The molecule has 0 saturated heterocycles. The summed E-state index contributed by atoms with van der Waals surface area (Å²) in [6, 6.07) is 11.0. The number of aromatic nitrogens is 3. The van der Waals surface area contributed by atoms with Crippen molar-refractivity contribution in [3.8, 4) is 0 Å². The molecule has 1 saturated carbocycles. The summed E-state index contributed by atoms with van der Waals surface area (Å²) in [5.74, 6) is 0.700. The van der Waals surface area contributed by atoms with Crippen molar-refractivity contribution < 1.29 is 9.59 Å². The molecule has 2 amide bonds. The molecule has 1 aliphatic rings. The highest BCUT2D eigenvalue weighted by Gasteiger charge is 2.40. The van der Waals surface area contributed by atoms with Crippen LogP contribution in [0, 0.1) is 5.92 Å². The van der Waals surface area contributed by atoms with E-state index >= 15 is 0 Å². The molecule has 0 spiro atoms. The van der Waals surface area contributed by atoms with Crippen LogP contribution in [0.5, 0.6) is 0 Å². The molecule has 4 rings (SSSR count). The van der Waals surface area contributed by atoms with Crippen LogP contribution in [0.1, 0.15) is 36.6 Å². The Kier molecular flexibility index (Phi) is 4.12. The number of pyridine rings is 1. The minimum atomic E-state index is -0.327. The normalized spacial score (nSPS) is 19.7. The lowest BCUT2D eigenvalue weighted by molar-refractivity contribution is -0.108. The van der Waals surface area contributed by atoms with E-state index in [2.05, 4.69) is 25.8 Å². The van der Waals surface area contributed by atoms with E-state index < -0.39 is 0 Å². The van der Waals surface area contributed by atoms with Gasteiger partial charge >= 0.3 is 6.03 Å². The van der Waals surface area contributed by atoms with Crippen molar-refractivity contribution in [1.29, 1.82) is 0 Å². The lowest BCUT2D eigenvalue weighted by Crippen LogP contribution is -2.31. The van der Waals surface area contributed by atoms with Crippen LogP contribution in [-0.4, -0.2) is 27.5 Å². The number of carbonyl (C=O) groups excluding carboxylic acids is 2. The third-order valence-electron chi connectivity index (χ3n) is 4.74. The van der Waals surface area contributed by atoms with E-state index in [4.69, 9.17) is 0 Å². The van der Waals surface area contributed by atoms with Gasteiger partial charge < -0.3 is 10.1 Å². The highest BCUT2D eigenvalue weighted by Crippen LogP contribution is 2.47. The first-order chi connectivity index (χ1) is 12.7. The first-order valence-corrected chi connectivity index (χ1v) is 8.57. The SMILES string of the molecule is CC(NC(=O)Nc1cc2n[nH]c(C3CC3C=O)c2cn1)c1ccccc1. The molecule has 26 heavy (non-hydrogen) atoms. The number of carbonyl (C=O) groups is 2. The van der Waals surface area contributed by atoms with Gasteiger partial charge in [-0.1, -0.05) is 30.3 Å². The first-order valence-electron chi connectivity index (χ1n) is 8.57. The molecule has 7 heteroatoms. The smallest absolute Gasteiger partial charge is 0.320 e. The first kappa shape index (κ1) is 16.3. The largest absolute Gasteiger partial charge is 0.331 e. The van der Waals surface area contributed by atoms with Crippen LogP contribution in [0.4, 0.5) is 10.6 Å². The van der Waals surface area contributed by atoms with Crippen molar-refractivity contribution in [2.24, 2.45) is 5.92 Å². The van der Waals surface area contributed by atoms with Gasteiger partial charge in [0.1, 0.15) is 12.1 Å². The minimum absolute atomic E-state index is 0.0710. The van der Waals surface area contributed by atoms with Crippen LogP contribution < -0.4 is 10.6 Å². The Bertz CT molecular complexity index is 953. The van der Waals surface area contributed by atoms with Crippen molar-refractivity contribution in [2.45, 2.75) is 25.3 Å². The fraction of sp³-hybridized carbons (Fsp3) is 0.263. The number of aldehydes is 1. The zero-order valence-corrected chi connectivity index (χ0v) is 14.3. The zero-order valence-electron chi connectivity index (χ0n) is 14.3. The number of amides is 2. The predicted molar refractivity (Wildman–Crippen MR) is 97.8 cm³/mol. The van der Waals surface area contributed by atoms with Crippen LogP contribution in [0.15, 0.2) is 42.6 Å². The molecule has 1 fully saturated rings. The number of benzene rings is 1. The number of urea groups is 1. The number of H-pyrrole nitrogens is 1.